The van der Waals surface area contributed by atoms with E-state index >= 15 is 0 Å². The average molecular weight is 505 g/mol. The van der Waals surface area contributed by atoms with E-state index in [0.29, 0.717) is 45.1 Å². The number of nitrogens with zero attached hydrogens (tertiary/aromatic N) is 2. The Kier molecular flexibility index (Phi) is 8.04. The second-order valence-corrected chi connectivity index (χ2v) is 9.70. The molecule has 1 N–H and O–H groups in total. The number of ether oxygens (including phenoxy) is 1. The molecule has 0 aliphatic heterocycles. The fourth-order valence-corrected chi connectivity index (χ4v) is 4.31. The Bertz CT molecular complexity index is 1390. The van der Waals surface area contributed by atoms with E-state index in [9.17, 15) is 13.2 Å². The van der Waals surface area contributed by atoms with Gasteiger partial charge in [0.2, 0.25) is 0 Å². The van der Waals surface area contributed by atoms with Gasteiger partial charge in [-0.2, -0.15) is 0 Å². The van der Waals surface area contributed by atoms with Gasteiger partial charge in [-0.05, 0) is 44.8 Å². The molecule has 0 fully saturated rings. The van der Waals surface area contributed by atoms with Crippen molar-refractivity contribution in [1.29, 1.82) is 0 Å². The molecule has 10 heteroatoms. The summed E-state index contributed by atoms with van der Waals surface area (Å²) in [6, 6.07) is 8.46. The van der Waals surface area contributed by atoms with Crippen LogP contribution < -0.4 is 15.1 Å². The van der Waals surface area contributed by atoms with Crippen molar-refractivity contribution in [2.75, 3.05) is 20.6 Å². The molecule has 1 aromatic heterocycles. The minimum absolute atomic E-state index is 0.239. The highest BCUT2D eigenvalue weighted by molar-refractivity contribution is 7.92. The molecular weight excluding hydrogens is 478 g/mol. The van der Waals surface area contributed by atoms with Crippen LogP contribution in [0.15, 0.2) is 52.4 Å². The van der Waals surface area contributed by atoms with Gasteiger partial charge in [-0.25, -0.2) is 17.9 Å². The first kappa shape index (κ1) is 25.8. The van der Waals surface area contributed by atoms with Crippen molar-refractivity contribution in [3.05, 3.63) is 85.6 Å². The zero-order valence-corrected chi connectivity index (χ0v) is 21.1. The molecule has 0 saturated heterocycles. The lowest BCUT2D eigenvalue weighted by Gasteiger charge is -2.25. The van der Waals surface area contributed by atoms with E-state index in [0.717, 1.165) is 17.7 Å². The van der Waals surface area contributed by atoms with E-state index in [-0.39, 0.29) is 6.42 Å². The summed E-state index contributed by atoms with van der Waals surface area (Å²) in [5, 5.41) is 1.06. The zero-order valence-electron chi connectivity index (χ0n) is 19.5. The molecule has 3 aromatic rings. The Morgan fingerprint density at radius 3 is 2.68 bits per heavy atom. The molecule has 3 rings (SSSR count). The number of rotatable bonds is 10. The molecule has 0 bridgehead atoms. The van der Waals surface area contributed by atoms with E-state index in [1.165, 1.54) is 13.3 Å². The van der Waals surface area contributed by atoms with Crippen LogP contribution in [0.25, 0.3) is 15.7 Å². The van der Waals surface area contributed by atoms with Crippen molar-refractivity contribution in [2.45, 2.75) is 26.8 Å². The predicted molar refractivity (Wildman–Crippen MR) is 135 cm³/mol. The van der Waals surface area contributed by atoms with Crippen LogP contribution in [-0.2, 0) is 23.2 Å². The maximum absolute atomic E-state index is 13.1. The maximum atomic E-state index is 13.1. The van der Waals surface area contributed by atoms with Crippen molar-refractivity contribution in [3.63, 3.8) is 0 Å². The monoisotopic (exact) mass is 504 g/mol. The van der Waals surface area contributed by atoms with Crippen LogP contribution >= 0.6 is 11.6 Å². The lowest BCUT2D eigenvalue weighted by Crippen LogP contribution is -2.22. The van der Waals surface area contributed by atoms with Crippen LogP contribution in [0.4, 0.5) is 5.69 Å². The Balaban J connectivity index is 2.18. The van der Waals surface area contributed by atoms with E-state index in [1.54, 1.807) is 31.2 Å². The molecule has 0 aliphatic carbocycles. The highest BCUT2D eigenvalue weighted by Crippen LogP contribution is 2.34. The third-order valence-electron chi connectivity index (χ3n) is 5.61. The summed E-state index contributed by atoms with van der Waals surface area (Å²) in [5.74, 6) is 0.339. The summed E-state index contributed by atoms with van der Waals surface area (Å²) in [6.07, 6.45) is 1.49. The molecule has 182 valence electrons. The fourth-order valence-electron chi connectivity index (χ4n) is 3.55. The van der Waals surface area contributed by atoms with Gasteiger partial charge in [-0.3, -0.25) is 0 Å². The lowest BCUT2D eigenvalue weighted by atomic mass is 9.95. The van der Waals surface area contributed by atoms with Gasteiger partial charge in [0.25, 0.3) is 0 Å². The minimum atomic E-state index is -3.81. The van der Waals surface area contributed by atoms with Gasteiger partial charge in [0.15, 0.2) is 10.2 Å². The topological polar surface area (TPSA) is 103 Å². The van der Waals surface area contributed by atoms with Gasteiger partial charge >= 0.3 is 5.63 Å². The number of fused-ring (bicyclic) bond motifs is 1. The number of hydrogen-bond acceptors (Lipinski definition) is 6. The van der Waals surface area contributed by atoms with Gasteiger partial charge in [-0.15, -0.1) is 5.69 Å². The van der Waals surface area contributed by atoms with Crippen LogP contribution in [0.2, 0.25) is 5.02 Å². The SMILES string of the molecule is C=COc1cc2oc(=O)c(Cc3cccc([N-]S(=O)(=O)NC)c3C)c(CN(C)CC)c2cc1Cl. The molecule has 0 radical (unpaired) electrons. The van der Waals surface area contributed by atoms with Crippen LogP contribution in [0.5, 0.6) is 5.75 Å². The van der Waals surface area contributed by atoms with E-state index in [2.05, 4.69) is 20.9 Å². The van der Waals surface area contributed by atoms with Crippen molar-refractivity contribution < 1.29 is 17.6 Å². The Hall–Kier alpha value is -2.85. The van der Waals surface area contributed by atoms with Gasteiger partial charge < -0.3 is 18.8 Å². The van der Waals surface area contributed by atoms with Gasteiger partial charge in [0, 0.05) is 30.0 Å². The Morgan fingerprint density at radius 1 is 1.29 bits per heavy atom. The number of benzene rings is 2. The standard InChI is InChI=1S/C24H27ClN3O5S/c1-6-28(5)14-19-17-12-20(25)23(32-7-2)13-22(17)33-24(29)18(19)11-16-9-8-10-21(15(16)3)27-34(30,31)26-4/h7-10,12-13,26H,2,6,11,14H2,1,3-5H3/q-1. The van der Waals surface area contributed by atoms with Crippen molar-refractivity contribution in [2.24, 2.45) is 0 Å². The van der Waals surface area contributed by atoms with Crippen LogP contribution in [0, 0.1) is 6.92 Å². The number of nitrogens with one attached hydrogen (secondary N) is 1. The minimum Gasteiger partial charge on any atom is -0.564 e. The highest BCUT2D eigenvalue weighted by Gasteiger charge is 2.19. The molecule has 0 spiro atoms. The summed E-state index contributed by atoms with van der Waals surface area (Å²) in [6.45, 7) is 8.59. The first-order valence-electron chi connectivity index (χ1n) is 10.6. The number of halogens is 1. The summed E-state index contributed by atoms with van der Waals surface area (Å²) in [7, 11) is -0.558. The van der Waals surface area contributed by atoms with Gasteiger partial charge in [0.1, 0.15) is 11.3 Å². The molecule has 34 heavy (non-hydrogen) atoms. The molecular formula is C24H27ClN3O5S-. The molecule has 8 nitrogen and oxygen atoms in total. The maximum Gasteiger partial charge on any atom is 0.340 e. The van der Waals surface area contributed by atoms with E-state index < -0.39 is 15.8 Å². The summed E-state index contributed by atoms with van der Waals surface area (Å²) >= 11 is 6.42. The zero-order chi connectivity index (χ0) is 25.0. The van der Waals surface area contributed by atoms with Crippen LogP contribution in [0.3, 0.4) is 0 Å². The lowest BCUT2D eigenvalue weighted by molar-refractivity contribution is 0.344. The average Bonchev–Trinajstić information content (AvgIpc) is 2.79. The second-order valence-electron chi connectivity index (χ2n) is 7.75. The molecule has 2 aromatic carbocycles. The molecule has 0 aliphatic rings. The van der Waals surface area contributed by atoms with E-state index in [1.807, 2.05) is 20.0 Å². The Labute approximate surface area is 204 Å². The molecule has 0 atom stereocenters. The Morgan fingerprint density at radius 2 is 2.03 bits per heavy atom. The predicted octanol–water partition coefficient (Wildman–Crippen LogP) is 4.79. The first-order valence-corrected chi connectivity index (χ1v) is 12.4. The first-order chi connectivity index (χ1) is 16.1. The second kappa shape index (κ2) is 10.6. The largest absolute Gasteiger partial charge is 0.564 e. The quantitative estimate of drug-likeness (QED) is 0.314. The fraction of sp³-hybridized carbons (Fsp3) is 0.292. The van der Waals surface area contributed by atoms with Gasteiger partial charge in [-0.1, -0.05) is 48.9 Å². The van der Waals surface area contributed by atoms with Crippen LogP contribution in [-0.4, -0.2) is 34.0 Å². The molecule has 0 saturated carbocycles. The summed E-state index contributed by atoms with van der Waals surface area (Å²) in [5.41, 5.74) is 2.85. The molecule has 0 amide bonds. The molecule has 1 heterocycles. The van der Waals surface area contributed by atoms with Crippen molar-refractivity contribution in [3.8, 4) is 5.75 Å². The third-order valence-corrected chi connectivity index (χ3v) is 6.86. The number of hydrogen-bond donors (Lipinski definition) is 1. The van der Waals surface area contributed by atoms with Crippen molar-refractivity contribution in [1.82, 2.24) is 9.62 Å². The van der Waals surface area contributed by atoms with Crippen molar-refractivity contribution >= 4 is 38.5 Å². The summed E-state index contributed by atoms with van der Waals surface area (Å²) in [4.78, 5) is 15.2. The van der Waals surface area contributed by atoms with Crippen LogP contribution in [0.1, 0.15) is 29.2 Å². The summed E-state index contributed by atoms with van der Waals surface area (Å²) < 4.78 is 40.8. The smallest absolute Gasteiger partial charge is 0.340 e. The normalized spacial score (nSPS) is 11.7. The highest BCUT2D eigenvalue weighted by atomic mass is 35.5. The third kappa shape index (κ3) is 5.61. The van der Waals surface area contributed by atoms with E-state index in [4.69, 9.17) is 20.8 Å². The van der Waals surface area contributed by atoms with Gasteiger partial charge in [0.05, 0.1) is 11.3 Å². The molecule has 0 unspecified atom stereocenters.